The van der Waals surface area contributed by atoms with Gasteiger partial charge in [-0.1, -0.05) is 13.8 Å². The summed E-state index contributed by atoms with van der Waals surface area (Å²) in [5.41, 5.74) is 0.659. The van der Waals surface area contributed by atoms with Crippen molar-refractivity contribution in [2.45, 2.75) is 26.7 Å². The third kappa shape index (κ3) is 5.13. The Labute approximate surface area is 139 Å². The molecule has 2 rings (SSSR count). The molecule has 0 bridgehead atoms. The molecule has 5 nitrogen and oxygen atoms in total. The van der Waals surface area contributed by atoms with Crippen LogP contribution in [0.15, 0.2) is 18.2 Å². The summed E-state index contributed by atoms with van der Waals surface area (Å²) in [5, 5.41) is 2.94. The highest BCUT2D eigenvalue weighted by molar-refractivity contribution is 5.92. The first kappa shape index (κ1) is 17.6. The fraction of sp³-hybridized carbons (Fsp3) is 0.611. The summed E-state index contributed by atoms with van der Waals surface area (Å²) in [6, 6.07) is 5.40. The number of ether oxygens (including phenoxy) is 2. The molecule has 0 saturated carbocycles. The molecule has 1 aliphatic heterocycles. The van der Waals surface area contributed by atoms with Crippen LogP contribution >= 0.6 is 0 Å². The van der Waals surface area contributed by atoms with Crippen molar-refractivity contribution in [3.63, 3.8) is 0 Å². The van der Waals surface area contributed by atoms with Gasteiger partial charge in [0.25, 0.3) is 0 Å². The Kier molecular flexibility index (Phi) is 6.28. The molecule has 1 amide bonds. The maximum Gasteiger partial charge on any atom is 0.230 e. The van der Waals surface area contributed by atoms with Crippen molar-refractivity contribution in [1.29, 1.82) is 0 Å². The lowest BCUT2D eigenvalue weighted by Gasteiger charge is -2.31. The van der Waals surface area contributed by atoms with Crippen LogP contribution < -0.4 is 19.7 Å². The molecule has 2 N–H and O–H groups in total. The predicted molar refractivity (Wildman–Crippen MR) is 91.3 cm³/mol. The molecule has 1 saturated heterocycles. The van der Waals surface area contributed by atoms with Gasteiger partial charge in [0.1, 0.15) is 11.5 Å². The van der Waals surface area contributed by atoms with Crippen molar-refractivity contribution in [2.75, 3.05) is 39.2 Å². The van der Waals surface area contributed by atoms with Gasteiger partial charge in [-0.05, 0) is 18.6 Å². The SMILES string of the molecule is COc1ccc(OC)c(NC(=O)CC[NH+]2C[C@H](C)C[C@@H](C)C2)c1. The summed E-state index contributed by atoms with van der Waals surface area (Å²) >= 11 is 0. The van der Waals surface area contributed by atoms with E-state index in [4.69, 9.17) is 9.47 Å². The first-order valence-electron chi connectivity index (χ1n) is 8.37. The van der Waals surface area contributed by atoms with E-state index in [2.05, 4.69) is 19.2 Å². The minimum atomic E-state index is 0.0231. The fourth-order valence-electron chi connectivity index (χ4n) is 3.54. The second kappa shape index (κ2) is 8.20. The van der Waals surface area contributed by atoms with E-state index in [9.17, 15) is 4.79 Å². The number of amides is 1. The number of anilines is 1. The first-order chi connectivity index (χ1) is 11.0. The largest absolute Gasteiger partial charge is 0.497 e. The summed E-state index contributed by atoms with van der Waals surface area (Å²) in [4.78, 5) is 13.8. The smallest absolute Gasteiger partial charge is 0.230 e. The maximum atomic E-state index is 12.3. The van der Waals surface area contributed by atoms with E-state index >= 15 is 0 Å². The van der Waals surface area contributed by atoms with Gasteiger partial charge in [0, 0.05) is 17.9 Å². The zero-order chi connectivity index (χ0) is 16.8. The molecule has 1 aromatic rings. The molecular weight excluding hydrogens is 292 g/mol. The third-order valence-electron chi connectivity index (χ3n) is 4.47. The van der Waals surface area contributed by atoms with Crippen molar-refractivity contribution >= 4 is 11.6 Å². The highest BCUT2D eigenvalue weighted by atomic mass is 16.5. The fourth-order valence-corrected chi connectivity index (χ4v) is 3.54. The number of hydrogen-bond donors (Lipinski definition) is 2. The number of nitrogens with one attached hydrogen (secondary N) is 2. The number of likely N-dealkylation sites (tertiary alicyclic amines) is 1. The number of carbonyl (C=O) groups excluding carboxylic acids is 1. The summed E-state index contributed by atoms with van der Waals surface area (Å²) in [6.45, 7) is 7.82. The number of hydrogen-bond acceptors (Lipinski definition) is 3. The molecule has 1 aromatic carbocycles. The van der Waals surface area contributed by atoms with Crippen LogP contribution in [-0.4, -0.2) is 39.8 Å². The Morgan fingerprint density at radius 2 is 1.91 bits per heavy atom. The van der Waals surface area contributed by atoms with Crippen LogP contribution in [0.4, 0.5) is 5.69 Å². The molecule has 0 aliphatic carbocycles. The van der Waals surface area contributed by atoms with E-state index in [1.165, 1.54) is 24.4 Å². The lowest BCUT2D eigenvalue weighted by Crippen LogP contribution is -3.14. The molecule has 5 heteroatoms. The monoisotopic (exact) mass is 321 g/mol. The van der Waals surface area contributed by atoms with Gasteiger partial charge < -0.3 is 19.7 Å². The van der Waals surface area contributed by atoms with Crippen LogP contribution in [0.1, 0.15) is 26.7 Å². The number of carbonyl (C=O) groups is 1. The molecule has 1 fully saturated rings. The lowest BCUT2D eigenvalue weighted by molar-refractivity contribution is -0.911. The standard InChI is InChI=1S/C18H28N2O3/c1-13-9-14(2)12-20(11-13)8-7-18(21)19-16-10-15(22-3)5-6-17(16)23-4/h5-6,10,13-14H,7-9,11-12H2,1-4H3,(H,19,21)/p+1/t13-,14-/m1/s1. The summed E-state index contributed by atoms with van der Waals surface area (Å²) in [7, 11) is 3.20. The molecule has 2 atom stereocenters. The Bertz CT molecular complexity index is 523. The molecule has 1 heterocycles. The number of piperidine rings is 1. The van der Waals surface area contributed by atoms with E-state index in [0.717, 1.165) is 18.4 Å². The zero-order valence-electron chi connectivity index (χ0n) is 14.6. The molecular formula is C18H29N2O3+. The van der Waals surface area contributed by atoms with Crippen molar-refractivity contribution in [1.82, 2.24) is 0 Å². The highest BCUT2D eigenvalue weighted by Gasteiger charge is 2.25. The number of methoxy groups -OCH3 is 2. The molecule has 0 aromatic heterocycles. The Morgan fingerprint density at radius 1 is 1.22 bits per heavy atom. The van der Waals surface area contributed by atoms with E-state index in [-0.39, 0.29) is 5.91 Å². The molecule has 0 radical (unpaired) electrons. The quantitative estimate of drug-likeness (QED) is 0.837. The summed E-state index contributed by atoms with van der Waals surface area (Å²) in [5.74, 6) is 2.86. The molecule has 23 heavy (non-hydrogen) atoms. The number of rotatable bonds is 6. The average Bonchev–Trinajstić information content (AvgIpc) is 2.52. The summed E-state index contributed by atoms with van der Waals surface area (Å²) in [6.07, 6.45) is 1.83. The van der Waals surface area contributed by atoms with E-state index < -0.39 is 0 Å². The van der Waals surface area contributed by atoms with Crippen molar-refractivity contribution in [3.8, 4) is 11.5 Å². The Hall–Kier alpha value is -1.75. The topological polar surface area (TPSA) is 52.0 Å². The molecule has 0 unspecified atom stereocenters. The Balaban J connectivity index is 1.89. The van der Waals surface area contributed by atoms with Gasteiger partial charge in [0.05, 0.1) is 46.0 Å². The van der Waals surface area contributed by atoms with Gasteiger partial charge in [0.2, 0.25) is 5.91 Å². The maximum absolute atomic E-state index is 12.3. The van der Waals surface area contributed by atoms with Crippen molar-refractivity contribution in [3.05, 3.63) is 18.2 Å². The van der Waals surface area contributed by atoms with Crippen LogP contribution in [0.2, 0.25) is 0 Å². The van der Waals surface area contributed by atoms with E-state index in [1.807, 2.05) is 6.07 Å². The summed E-state index contributed by atoms with van der Waals surface area (Å²) < 4.78 is 10.5. The number of benzene rings is 1. The van der Waals surface area contributed by atoms with Gasteiger partial charge in [-0.15, -0.1) is 0 Å². The second-order valence-corrected chi connectivity index (χ2v) is 6.72. The normalized spacial score (nSPS) is 24.1. The van der Waals surface area contributed by atoms with Crippen LogP contribution in [-0.2, 0) is 4.79 Å². The van der Waals surface area contributed by atoms with E-state index in [1.54, 1.807) is 26.4 Å². The van der Waals surface area contributed by atoms with Gasteiger partial charge in [-0.25, -0.2) is 0 Å². The minimum Gasteiger partial charge on any atom is -0.497 e. The minimum absolute atomic E-state index is 0.0231. The lowest BCUT2D eigenvalue weighted by atomic mass is 9.92. The Morgan fingerprint density at radius 3 is 2.52 bits per heavy atom. The average molecular weight is 321 g/mol. The van der Waals surface area contributed by atoms with E-state index in [0.29, 0.717) is 23.6 Å². The van der Waals surface area contributed by atoms with Crippen LogP contribution in [0.5, 0.6) is 11.5 Å². The number of quaternary nitrogens is 1. The second-order valence-electron chi connectivity index (χ2n) is 6.72. The van der Waals surface area contributed by atoms with Crippen molar-refractivity contribution < 1.29 is 19.2 Å². The van der Waals surface area contributed by atoms with Crippen molar-refractivity contribution in [2.24, 2.45) is 11.8 Å². The zero-order valence-corrected chi connectivity index (χ0v) is 14.6. The van der Waals surface area contributed by atoms with Crippen LogP contribution in [0.3, 0.4) is 0 Å². The van der Waals surface area contributed by atoms with Crippen LogP contribution in [0, 0.1) is 11.8 Å². The van der Waals surface area contributed by atoms with Crippen LogP contribution in [0.25, 0.3) is 0 Å². The third-order valence-corrected chi connectivity index (χ3v) is 4.47. The first-order valence-corrected chi connectivity index (χ1v) is 8.37. The predicted octanol–water partition coefficient (Wildman–Crippen LogP) is 1.59. The highest BCUT2D eigenvalue weighted by Crippen LogP contribution is 2.28. The molecule has 128 valence electrons. The molecule has 0 spiro atoms. The van der Waals surface area contributed by atoms with Gasteiger partial charge >= 0.3 is 0 Å². The van der Waals surface area contributed by atoms with Gasteiger partial charge in [0.15, 0.2) is 0 Å². The van der Waals surface area contributed by atoms with Gasteiger partial charge in [-0.2, -0.15) is 0 Å². The molecule has 1 aliphatic rings. The van der Waals surface area contributed by atoms with Gasteiger partial charge in [-0.3, -0.25) is 4.79 Å².